The molecule has 12 heteroatoms. The van der Waals surface area contributed by atoms with E-state index >= 15 is 0 Å². The first-order valence-electron chi connectivity index (χ1n) is 41.3. The van der Waals surface area contributed by atoms with Crippen LogP contribution in [0.25, 0.3) is 0 Å². The Kier molecular flexibility index (Phi) is 21.6. The van der Waals surface area contributed by atoms with Gasteiger partial charge < -0.3 is 14.9 Å². The minimum absolute atomic E-state index is 0.00257. The second kappa shape index (κ2) is 30.7. The number of phenolic OH excluding ortho intramolecular Hbond substituents is 1. The summed E-state index contributed by atoms with van der Waals surface area (Å²) in [4.78, 5) is 41.8. The van der Waals surface area contributed by atoms with Crippen molar-refractivity contribution in [2.24, 2.45) is 69.0 Å². The maximum Gasteiger partial charge on any atom is 0.141 e. The number of aliphatic hydroxyl groups is 1. The third kappa shape index (κ3) is 13.7. The lowest BCUT2D eigenvalue weighted by molar-refractivity contribution is -0.130. The zero-order valence-corrected chi connectivity index (χ0v) is 69.2. The lowest BCUT2D eigenvalue weighted by Crippen LogP contribution is -2.53. The number of ketones is 2. The molecule has 1 spiro atoms. The highest BCUT2D eigenvalue weighted by Gasteiger charge is 2.66. The molecule has 21 rings (SSSR count). The molecule has 9 nitrogen and oxygen atoms in total. The Morgan fingerprint density at radius 3 is 1.33 bits per heavy atom. The van der Waals surface area contributed by atoms with Crippen LogP contribution in [0.5, 0.6) is 11.5 Å². The number of aryl methyl sites for hydroxylation is 6. The van der Waals surface area contributed by atoms with Gasteiger partial charge in [-0.25, -0.2) is 0 Å². The van der Waals surface area contributed by atoms with Crippen molar-refractivity contribution in [3.63, 3.8) is 0 Å². The van der Waals surface area contributed by atoms with Gasteiger partial charge in [-0.05, 0) is 384 Å². The van der Waals surface area contributed by atoms with Gasteiger partial charge in [0.15, 0.2) is 0 Å². The van der Waals surface area contributed by atoms with E-state index in [0.29, 0.717) is 64.7 Å². The number of carbonyl (C=O) groups is 2. The SMILES string of the molecule is C[C@]12CC[C@@H]3c4ccc(O)cc4CC[C@H]3[C@@H]1CCC2=O.C[C@]12CC[C@@H]3c4ccccc4CC[C@H]3[C@@H]1CCC2=O.C[C@]12CC[C@@H]3c4ccccc4CC[C@H]3[C@@H]1CC[C@@]2(O)Cc1ncccc1Br.C[C@]12CC[C@@H]3c4ccccc4CC[C@H]3[C@@H]1CC[C@@]21Cc2ncccc2O1.Cc1ncccc1Br.Cc1ncccc1Br. The molecule has 13 aliphatic rings. The number of Topliss-reactive ketones (excluding diaryl/α,β-unsaturated/α-hetero) is 2. The van der Waals surface area contributed by atoms with Crippen molar-refractivity contribution in [1.29, 1.82) is 0 Å². The highest BCUT2D eigenvalue weighted by molar-refractivity contribution is 9.11. The van der Waals surface area contributed by atoms with Gasteiger partial charge in [-0.15, -0.1) is 0 Å². The Hall–Kier alpha value is -6.18. The summed E-state index contributed by atoms with van der Waals surface area (Å²) < 4.78 is 9.87. The molecule has 4 aromatic carbocycles. The predicted octanol–water partition coefficient (Wildman–Crippen LogP) is 23.2. The van der Waals surface area contributed by atoms with E-state index in [1.807, 2.05) is 80.8 Å². The van der Waals surface area contributed by atoms with Crippen molar-refractivity contribution in [3.05, 3.63) is 245 Å². The smallest absolute Gasteiger partial charge is 0.141 e. The quantitative estimate of drug-likeness (QED) is 0.173. The normalized spacial score (nSPS) is 34.6. The van der Waals surface area contributed by atoms with E-state index in [-0.39, 0.29) is 21.8 Å². The molecule has 0 radical (unpaired) electrons. The Morgan fingerprint density at radius 2 is 0.843 bits per heavy atom. The monoisotopic (exact) mass is 1640 g/mol. The van der Waals surface area contributed by atoms with Gasteiger partial charge in [0.1, 0.15) is 28.7 Å². The van der Waals surface area contributed by atoms with E-state index in [9.17, 15) is 19.8 Å². The number of halogens is 3. The van der Waals surface area contributed by atoms with Gasteiger partial charge in [-0.3, -0.25) is 29.5 Å². The summed E-state index contributed by atoms with van der Waals surface area (Å²) in [7, 11) is 0. The van der Waals surface area contributed by atoms with Crippen molar-refractivity contribution in [2.75, 3.05) is 0 Å². The fourth-order valence-electron chi connectivity index (χ4n) is 25.5. The lowest BCUT2D eigenvalue weighted by Gasteiger charge is -2.53. The molecule has 4 aromatic heterocycles. The standard InChI is InChI=1S/C24H28BrNO.C24H27NO.C18H22O2.C18H22O.2C6H6BrN/c1-23-12-10-18-17-6-3-2-5-16(17)8-9-19(18)20(23)11-13-24(23,27)15-22-21(25)7-4-14-26-22;1-23-12-10-18-17-6-3-2-5-16(17)8-9-19(18)20(23)11-13-24(23)15-21-22(26-24)7-4-14-25-21;1-18-9-8-14-13-5-3-12(19)10-11(13)2-4-15(14)16(18)6-7-17(18)20;1-18-11-10-14-13-5-3-2-4-12(13)6-7-15(14)16(18)8-9-17(18)19;2*1-5-6(7)3-2-4-8-5/h2-7,14,18-20,27H,8-13,15H2,1H3;2-7,14,18-20H,8-13,15H2,1H3;3,5,10,14-16,19H,2,4,6-9H2,1H3;2-5,14-16H,6-11H2,1H3;2*2-4H,1H3/t2*18-,19-,20+,23+,24-;2*14-,15-,16+,18+;;/m1111../s1. The summed E-state index contributed by atoms with van der Waals surface area (Å²) in [6.07, 6.45) is 36.8. The molecule has 2 N–H and O–H groups in total. The summed E-state index contributed by atoms with van der Waals surface area (Å²) in [5.41, 5.74) is 16.3. The van der Waals surface area contributed by atoms with Crippen LogP contribution in [0, 0.1) is 82.9 Å². The van der Waals surface area contributed by atoms with Gasteiger partial charge in [0, 0.05) is 80.1 Å². The summed E-state index contributed by atoms with van der Waals surface area (Å²) in [6.45, 7) is 13.3. The third-order valence-corrected chi connectivity index (χ3v) is 33.8. The van der Waals surface area contributed by atoms with E-state index < -0.39 is 5.60 Å². The average molecular weight is 1640 g/mol. The summed E-state index contributed by atoms with van der Waals surface area (Å²) in [6, 6.07) is 49.1. The van der Waals surface area contributed by atoms with Gasteiger partial charge in [0.25, 0.3) is 0 Å². The van der Waals surface area contributed by atoms with Gasteiger partial charge in [0.2, 0.25) is 0 Å². The van der Waals surface area contributed by atoms with Crippen LogP contribution < -0.4 is 4.74 Å². The molecular formula is C96H111Br3N4O5. The number of phenols is 1. The molecule has 5 heterocycles. The van der Waals surface area contributed by atoms with Crippen molar-refractivity contribution in [3.8, 4) is 11.5 Å². The van der Waals surface area contributed by atoms with Gasteiger partial charge in [-0.2, -0.15) is 0 Å². The molecular weight excluding hydrogens is 1530 g/mol. The molecule has 0 bridgehead atoms. The number of pyridine rings is 4. The van der Waals surface area contributed by atoms with Crippen molar-refractivity contribution < 1.29 is 24.5 Å². The maximum atomic E-state index is 12.3. The number of rotatable bonds is 2. The molecule has 1 aliphatic heterocycles. The summed E-state index contributed by atoms with van der Waals surface area (Å²) >= 11 is 10.3. The Balaban J connectivity index is 0.000000103. The van der Waals surface area contributed by atoms with Crippen LogP contribution in [-0.2, 0) is 48.1 Å². The number of aromatic nitrogens is 4. The van der Waals surface area contributed by atoms with E-state index in [1.165, 1.54) is 100 Å². The predicted molar refractivity (Wildman–Crippen MR) is 441 cm³/mol. The van der Waals surface area contributed by atoms with Gasteiger partial charge >= 0.3 is 0 Å². The molecule has 8 aromatic rings. The van der Waals surface area contributed by atoms with Crippen LogP contribution in [0.3, 0.4) is 0 Å². The molecule has 0 unspecified atom stereocenters. The van der Waals surface area contributed by atoms with Crippen molar-refractivity contribution >= 4 is 59.4 Å². The number of benzene rings is 4. The summed E-state index contributed by atoms with van der Waals surface area (Å²) in [5, 5.41) is 21.5. The third-order valence-electron chi connectivity index (χ3n) is 31.4. The average Bonchev–Trinajstić information content (AvgIpc) is 1.53. The number of aromatic hydroxyl groups is 1. The number of hydrogen-bond donors (Lipinski definition) is 2. The molecule has 0 amide bonds. The Morgan fingerprint density at radius 1 is 0.417 bits per heavy atom. The van der Waals surface area contributed by atoms with Crippen LogP contribution in [0.1, 0.15) is 247 Å². The molecule has 18 atom stereocenters. The van der Waals surface area contributed by atoms with Crippen LogP contribution >= 0.6 is 47.8 Å². The van der Waals surface area contributed by atoms with E-state index in [0.717, 1.165) is 149 Å². The second-order valence-electron chi connectivity index (χ2n) is 36.0. The number of nitrogens with zero attached hydrogens (tertiary/aromatic N) is 4. The highest BCUT2D eigenvalue weighted by atomic mass is 79.9. The minimum Gasteiger partial charge on any atom is -0.508 e. The first kappa shape index (κ1) is 75.8. The highest BCUT2D eigenvalue weighted by Crippen LogP contribution is 2.69. The molecule has 0 saturated heterocycles. The van der Waals surface area contributed by atoms with Crippen LogP contribution in [0.15, 0.2) is 178 Å². The van der Waals surface area contributed by atoms with E-state index in [1.54, 1.807) is 45.8 Å². The largest absolute Gasteiger partial charge is 0.508 e. The fraction of sp³-hybridized carbons (Fsp3) is 0.521. The maximum absolute atomic E-state index is 12.3. The van der Waals surface area contributed by atoms with E-state index in [4.69, 9.17) is 4.74 Å². The minimum atomic E-state index is -0.642. The molecule has 8 fully saturated rings. The zero-order chi connectivity index (χ0) is 74.9. The van der Waals surface area contributed by atoms with Crippen LogP contribution in [0.4, 0.5) is 0 Å². The Labute approximate surface area is 667 Å². The lowest BCUT2D eigenvalue weighted by atomic mass is 9.53. The topological polar surface area (TPSA) is 135 Å². The number of ether oxygens (including phenoxy) is 1. The Bertz CT molecular complexity index is 4530. The number of carbonyl (C=O) groups excluding carboxylic acids is 2. The van der Waals surface area contributed by atoms with E-state index in [2.05, 4.69) is 180 Å². The van der Waals surface area contributed by atoms with Gasteiger partial charge in [-0.1, -0.05) is 107 Å². The zero-order valence-electron chi connectivity index (χ0n) is 64.4. The number of hydrogen-bond acceptors (Lipinski definition) is 9. The van der Waals surface area contributed by atoms with Crippen LogP contribution in [-0.4, -0.2) is 52.9 Å². The molecule has 8 saturated carbocycles. The van der Waals surface area contributed by atoms with Gasteiger partial charge in [0.05, 0.1) is 28.4 Å². The number of fused-ring (bicyclic) bond motifs is 22. The molecule has 108 heavy (non-hydrogen) atoms. The van der Waals surface area contributed by atoms with Crippen molar-refractivity contribution in [1.82, 2.24) is 19.9 Å². The summed E-state index contributed by atoms with van der Waals surface area (Å²) in [5.74, 6) is 11.0. The van der Waals surface area contributed by atoms with Crippen LogP contribution in [0.2, 0.25) is 0 Å². The van der Waals surface area contributed by atoms with Crippen molar-refractivity contribution in [2.45, 2.75) is 243 Å². The first-order chi connectivity index (χ1) is 52.1. The fourth-order valence-corrected chi connectivity index (χ4v) is 26.5. The second-order valence-corrected chi connectivity index (χ2v) is 38.5. The molecule has 566 valence electrons. The first-order valence-corrected chi connectivity index (χ1v) is 43.7. The molecule has 12 aliphatic carbocycles.